The Balaban J connectivity index is 0.00000225. The highest BCUT2D eigenvalue weighted by molar-refractivity contribution is 5.95. The van der Waals surface area contributed by atoms with Gasteiger partial charge in [0.15, 0.2) is 5.75 Å². The number of rotatable bonds is 4. The second-order valence-corrected chi connectivity index (χ2v) is 5.82. The van der Waals surface area contributed by atoms with Gasteiger partial charge in [0.05, 0.1) is 0 Å². The first kappa shape index (κ1) is 19.6. The first-order chi connectivity index (χ1) is 11.5. The van der Waals surface area contributed by atoms with Crippen molar-refractivity contribution in [2.75, 3.05) is 31.1 Å². The van der Waals surface area contributed by atoms with Crippen LogP contribution in [0.15, 0.2) is 24.3 Å². The van der Waals surface area contributed by atoms with Crippen molar-refractivity contribution in [3.63, 3.8) is 0 Å². The molecule has 0 spiro atoms. The molecule has 4 nitrogen and oxygen atoms in total. The second kappa shape index (κ2) is 8.10. The molecule has 0 bridgehead atoms. The van der Waals surface area contributed by atoms with Gasteiger partial charge in [-0.15, -0.1) is 25.6 Å². The Morgan fingerprint density at radius 2 is 1.96 bits per heavy atom. The van der Waals surface area contributed by atoms with Gasteiger partial charge in [-0.2, -0.15) is 0 Å². The highest BCUT2D eigenvalue weighted by Crippen LogP contribution is 2.35. The molecule has 2 aromatic rings. The number of fused-ring (bicyclic) bond motifs is 1. The lowest BCUT2D eigenvalue weighted by Crippen LogP contribution is -2.43. The minimum atomic E-state index is -4.73. The molecule has 138 valence electrons. The topological polar surface area (TPSA) is 37.4 Å². The van der Waals surface area contributed by atoms with Crippen LogP contribution in [0.3, 0.4) is 0 Å². The molecule has 2 heterocycles. The molecule has 1 aromatic heterocycles. The van der Waals surface area contributed by atoms with E-state index >= 15 is 0 Å². The molecule has 1 N–H and O–H groups in total. The molecule has 8 heteroatoms. The first-order valence-electron chi connectivity index (χ1n) is 8.12. The van der Waals surface area contributed by atoms with Gasteiger partial charge >= 0.3 is 6.36 Å². The van der Waals surface area contributed by atoms with E-state index in [0.29, 0.717) is 5.39 Å². The molecule has 0 atom stereocenters. The maximum Gasteiger partial charge on any atom is 0.573 e. The van der Waals surface area contributed by atoms with Crippen molar-refractivity contribution < 1.29 is 17.9 Å². The van der Waals surface area contributed by atoms with Gasteiger partial charge in [0.25, 0.3) is 0 Å². The van der Waals surface area contributed by atoms with E-state index in [1.165, 1.54) is 6.07 Å². The van der Waals surface area contributed by atoms with E-state index in [-0.39, 0.29) is 23.7 Å². The van der Waals surface area contributed by atoms with Crippen molar-refractivity contribution in [2.45, 2.75) is 26.1 Å². The van der Waals surface area contributed by atoms with Crippen LogP contribution in [-0.2, 0) is 6.42 Å². The minimum absolute atomic E-state index is 0. The van der Waals surface area contributed by atoms with Gasteiger partial charge in [-0.05, 0) is 18.6 Å². The van der Waals surface area contributed by atoms with Crippen LogP contribution in [0.25, 0.3) is 10.9 Å². The quantitative estimate of drug-likeness (QED) is 0.879. The monoisotopic (exact) mass is 375 g/mol. The van der Waals surface area contributed by atoms with Gasteiger partial charge in [-0.1, -0.05) is 25.5 Å². The van der Waals surface area contributed by atoms with Crippen molar-refractivity contribution in [3.8, 4) is 5.75 Å². The van der Waals surface area contributed by atoms with Crippen LogP contribution in [0.4, 0.5) is 18.9 Å². The number of piperazine rings is 1. The Morgan fingerprint density at radius 3 is 2.60 bits per heavy atom. The van der Waals surface area contributed by atoms with Crippen molar-refractivity contribution in [3.05, 3.63) is 30.0 Å². The number of halogens is 4. The number of alkyl halides is 3. The standard InChI is InChI=1S/C17H20F3N3O.ClH/c1-2-4-12-11-14(23-9-7-21-8-10-23)13-5-3-6-15(16(13)22-12)24-17(18,19)20;/h3,5-6,11,21H,2,4,7-10H2,1H3;1H. The third kappa shape index (κ3) is 4.67. The SMILES string of the molecule is CCCc1cc(N2CCNCC2)c2cccc(OC(F)(F)F)c2n1.Cl. The van der Waals surface area contributed by atoms with E-state index in [2.05, 4.69) is 19.9 Å². The highest BCUT2D eigenvalue weighted by Gasteiger charge is 2.32. The molecule has 1 aliphatic rings. The zero-order valence-electron chi connectivity index (χ0n) is 13.9. The smallest absolute Gasteiger partial charge is 0.403 e. The number of para-hydroxylation sites is 1. The summed E-state index contributed by atoms with van der Waals surface area (Å²) in [6.07, 6.45) is -3.14. The number of nitrogens with one attached hydrogen (secondary N) is 1. The summed E-state index contributed by atoms with van der Waals surface area (Å²) in [7, 11) is 0. The maximum absolute atomic E-state index is 12.7. The molecule has 1 fully saturated rings. The molecule has 0 saturated carbocycles. The molecule has 1 aromatic carbocycles. The summed E-state index contributed by atoms with van der Waals surface area (Å²) < 4.78 is 42.3. The molecule has 0 unspecified atom stereocenters. The molecule has 0 radical (unpaired) electrons. The van der Waals surface area contributed by atoms with Gasteiger partial charge in [-0.3, -0.25) is 0 Å². The average Bonchev–Trinajstić information content (AvgIpc) is 2.54. The van der Waals surface area contributed by atoms with E-state index in [4.69, 9.17) is 0 Å². The number of aryl methyl sites for hydroxylation is 1. The van der Waals surface area contributed by atoms with Gasteiger partial charge in [-0.25, -0.2) is 4.98 Å². The van der Waals surface area contributed by atoms with E-state index in [9.17, 15) is 13.2 Å². The second-order valence-electron chi connectivity index (χ2n) is 5.82. The van der Waals surface area contributed by atoms with Crippen molar-refractivity contribution >= 4 is 29.0 Å². The number of aromatic nitrogens is 1. The van der Waals surface area contributed by atoms with E-state index in [1.807, 2.05) is 13.0 Å². The maximum atomic E-state index is 12.7. The lowest BCUT2D eigenvalue weighted by molar-refractivity contribution is -0.274. The number of benzene rings is 1. The fourth-order valence-corrected chi connectivity index (χ4v) is 3.01. The summed E-state index contributed by atoms with van der Waals surface area (Å²) in [5, 5.41) is 3.98. The van der Waals surface area contributed by atoms with Crippen molar-refractivity contribution in [2.24, 2.45) is 0 Å². The largest absolute Gasteiger partial charge is 0.573 e. The van der Waals surface area contributed by atoms with Gasteiger partial charge in [0, 0.05) is 42.9 Å². The Bertz CT molecular complexity index is 718. The molecule has 0 aliphatic carbocycles. The molecule has 1 aliphatic heterocycles. The van der Waals surface area contributed by atoms with Gasteiger partial charge in [0.2, 0.25) is 0 Å². The zero-order chi connectivity index (χ0) is 17.2. The van der Waals surface area contributed by atoms with Crippen LogP contribution in [0.5, 0.6) is 5.75 Å². The fourth-order valence-electron chi connectivity index (χ4n) is 3.01. The summed E-state index contributed by atoms with van der Waals surface area (Å²) in [4.78, 5) is 6.63. The first-order valence-corrected chi connectivity index (χ1v) is 8.12. The van der Waals surface area contributed by atoms with E-state index < -0.39 is 6.36 Å². The predicted octanol–water partition coefficient (Wildman–Crippen LogP) is 3.92. The molecule has 0 amide bonds. The van der Waals surface area contributed by atoms with Crippen LogP contribution in [0.2, 0.25) is 0 Å². The van der Waals surface area contributed by atoms with Crippen LogP contribution in [0, 0.1) is 0 Å². The number of pyridine rings is 1. The fraction of sp³-hybridized carbons (Fsp3) is 0.471. The van der Waals surface area contributed by atoms with Crippen LogP contribution >= 0.6 is 12.4 Å². The number of anilines is 1. The lowest BCUT2D eigenvalue weighted by Gasteiger charge is -2.31. The Morgan fingerprint density at radius 1 is 1.24 bits per heavy atom. The molecule has 25 heavy (non-hydrogen) atoms. The van der Waals surface area contributed by atoms with Crippen LogP contribution < -0.4 is 15.0 Å². The number of nitrogens with zero attached hydrogens (tertiary/aromatic N) is 2. The van der Waals surface area contributed by atoms with E-state index in [0.717, 1.165) is 50.4 Å². The molecule has 3 rings (SSSR count). The lowest BCUT2D eigenvalue weighted by atomic mass is 10.1. The number of hydrogen-bond acceptors (Lipinski definition) is 4. The van der Waals surface area contributed by atoms with Crippen molar-refractivity contribution in [1.29, 1.82) is 0 Å². The summed E-state index contributed by atoms with van der Waals surface area (Å²) in [6, 6.07) is 6.70. The summed E-state index contributed by atoms with van der Waals surface area (Å²) in [5.74, 6) is -0.241. The molecular weight excluding hydrogens is 355 g/mol. The third-order valence-corrected chi connectivity index (χ3v) is 4.02. The summed E-state index contributed by atoms with van der Waals surface area (Å²) >= 11 is 0. The molecule has 1 saturated heterocycles. The third-order valence-electron chi connectivity index (χ3n) is 4.02. The van der Waals surface area contributed by atoms with Crippen molar-refractivity contribution in [1.82, 2.24) is 10.3 Å². The number of ether oxygens (including phenoxy) is 1. The van der Waals surface area contributed by atoms with Gasteiger partial charge < -0.3 is 15.0 Å². The number of hydrogen-bond donors (Lipinski definition) is 1. The normalized spacial score (nSPS) is 15.1. The summed E-state index contributed by atoms with van der Waals surface area (Å²) in [5.41, 5.74) is 1.99. The van der Waals surface area contributed by atoms with Gasteiger partial charge in [0.1, 0.15) is 5.52 Å². The van der Waals surface area contributed by atoms with Crippen LogP contribution in [-0.4, -0.2) is 37.5 Å². The van der Waals surface area contributed by atoms with E-state index in [1.54, 1.807) is 12.1 Å². The average molecular weight is 376 g/mol. The minimum Gasteiger partial charge on any atom is -0.403 e. The Hall–Kier alpha value is -1.73. The predicted molar refractivity (Wildman–Crippen MR) is 94.8 cm³/mol. The Kier molecular flexibility index (Phi) is 6.35. The Labute approximate surface area is 150 Å². The summed E-state index contributed by atoms with van der Waals surface area (Å²) in [6.45, 7) is 5.36. The highest BCUT2D eigenvalue weighted by atomic mass is 35.5. The zero-order valence-corrected chi connectivity index (χ0v) is 14.7. The molecular formula is C17H21ClF3N3O. The van der Waals surface area contributed by atoms with Crippen LogP contribution in [0.1, 0.15) is 19.0 Å².